The largest absolute Gasteiger partial charge is 0.466 e. The van der Waals surface area contributed by atoms with Crippen molar-refractivity contribution >= 4 is 5.97 Å². The molecule has 19 heavy (non-hydrogen) atoms. The third-order valence-electron chi connectivity index (χ3n) is 2.79. The number of nitrogens with two attached hydrogens (primary N) is 1. The average Bonchev–Trinajstić information content (AvgIpc) is 2.35. The minimum atomic E-state index is -0.880. The minimum Gasteiger partial charge on any atom is -0.466 e. The topological polar surface area (TPSA) is 72.5 Å². The van der Waals surface area contributed by atoms with Gasteiger partial charge in [-0.3, -0.25) is 0 Å². The van der Waals surface area contributed by atoms with E-state index in [9.17, 15) is 9.90 Å². The molecule has 0 aliphatic heterocycles. The molecule has 1 atom stereocenters. The molecule has 0 aromatic heterocycles. The van der Waals surface area contributed by atoms with E-state index in [-0.39, 0.29) is 5.92 Å². The van der Waals surface area contributed by atoms with Gasteiger partial charge in [0.2, 0.25) is 0 Å². The van der Waals surface area contributed by atoms with Crippen molar-refractivity contribution in [2.24, 2.45) is 5.73 Å². The van der Waals surface area contributed by atoms with Crippen molar-refractivity contribution < 1.29 is 14.6 Å². The first-order chi connectivity index (χ1) is 8.83. The van der Waals surface area contributed by atoms with Crippen LogP contribution in [0.2, 0.25) is 0 Å². The van der Waals surface area contributed by atoms with Crippen LogP contribution >= 0.6 is 0 Å². The van der Waals surface area contributed by atoms with Crippen LogP contribution in [0, 0.1) is 0 Å². The van der Waals surface area contributed by atoms with Gasteiger partial charge >= 0.3 is 5.97 Å². The normalized spacial score (nSPS) is 14.0. The number of benzene rings is 1. The molecule has 0 spiro atoms. The summed E-state index contributed by atoms with van der Waals surface area (Å²) in [6.07, 6.45) is 1.69. The maximum atomic E-state index is 11.3. The molecule has 0 bridgehead atoms. The number of hydrogen-bond acceptors (Lipinski definition) is 4. The Kier molecular flexibility index (Phi) is 5.12. The highest BCUT2D eigenvalue weighted by molar-refractivity contribution is 5.82. The highest BCUT2D eigenvalue weighted by Crippen LogP contribution is 2.30. The van der Waals surface area contributed by atoms with E-state index in [1.165, 1.54) is 13.2 Å². The number of methoxy groups -OCH3 is 1. The summed E-state index contributed by atoms with van der Waals surface area (Å²) in [5.41, 5.74) is 6.45. The van der Waals surface area contributed by atoms with E-state index in [4.69, 9.17) is 5.73 Å². The van der Waals surface area contributed by atoms with E-state index < -0.39 is 11.6 Å². The second-order valence-electron chi connectivity index (χ2n) is 5.15. The number of esters is 1. The van der Waals surface area contributed by atoms with Crippen LogP contribution in [-0.4, -0.2) is 23.8 Å². The monoisotopic (exact) mass is 263 g/mol. The molecule has 0 saturated heterocycles. The lowest BCUT2D eigenvalue weighted by molar-refractivity contribution is -0.134. The molecule has 0 unspecified atom stereocenters. The Morgan fingerprint density at radius 2 is 2.00 bits per heavy atom. The number of rotatable bonds is 5. The summed E-state index contributed by atoms with van der Waals surface area (Å²) in [7, 11) is 1.31. The molecule has 0 amide bonds. The van der Waals surface area contributed by atoms with Gasteiger partial charge in [0.25, 0.3) is 0 Å². The number of allylic oxidation sites excluding steroid dienone is 1. The van der Waals surface area contributed by atoms with Crippen LogP contribution in [0.5, 0.6) is 0 Å². The van der Waals surface area contributed by atoms with Gasteiger partial charge in [-0.2, -0.15) is 0 Å². The van der Waals surface area contributed by atoms with Crippen molar-refractivity contribution in [2.45, 2.75) is 31.8 Å². The molecule has 3 N–H and O–H groups in total. The van der Waals surface area contributed by atoms with Crippen LogP contribution in [0.3, 0.4) is 0 Å². The summed E-state index contributed by atoms with van der Waals surface area (Å²) < 4.78 is 4.58. The zero-order chi connectivity index (χ0) is 14.5. The quantitative estimate of drug-likeness (QED) is 0.629. The van der Waals surface area contributed by atoms with E-state index in [1.807, 2.05) is 30.3 Å². The standard InChI is InChI=1S/C15H21NO3/c1-15(2,18)10-12(11-7-5-4-6-8-11)13(16)9-14(17)19-3/h4-9,12,18H,10,16H2,1-3H3/b13-9-/t12-/m0/s1. The van der Waals surface area contributed by atoms with Gasteiger partial charge in [-0.15, -0.1) is 0 Å². The molecule has 0 fully saturated rings. The number of carbonyl (C=O) groups excluding carboxylic acids is 1. The molecule has 0 aliphatic carbocycles. The Balaban J connectivity index is 3.06. The number of ether oxygens (including phenoxy) is 1. The van der Waals surface area contributed by atoms with E-state index in [2.05, 4.69) is 4.74 Å². The van der Waals surface area contributed by atoms with Gasteiger partial charge in [-0.25, -0.2) is 4.79 Å². The molecular formula is C15H21NO3. The molecule has 0 heterocycles. The highest BCUT2D eigenvalue weighted by Gasteiger charge is 2.24. The van der Waals surface area contributed by atoms with Crippen LogP contribution in [0.1, 0.15) is 31.7 Å². The first kappa shape index (κ1) is 15.2. The molecule has 4 heteroatoms. The van der Waals surface area contributed by atoms with Crippen molar-refractivity contribution in [1.82, 2.24) is 0 Å². The molecule has 4 nitrogen and oxygen atoms in total. The molecule has 104 valence electrons. The van der Waals surface area contributed by atoms with Crippen molar-refractivity contribution in [3.05, 3.63) is 47.7 Å². The third-order valence-corrected chi connectivity index (χ3v) is 2.79. The Labute approximate surface area is 113 Å². The summed E-state index contributed by atoms with van der Waals surface area (Å²) in [4.78, 5) is 11.3. The van der Waals surface area contributed by atoms with Crippen LogP contribution in [0.25, 0.3) is 0 Å². The summed E-state index contributed by atoms with van der Waals surface area (Å²) >= 11 is 0. The summed E-state index contributed by atoms with van der Waals surface area (Å²) in [6.45, 7) is 3.43. The van der Waals surface area contributed by atoms with E-state index in [1.54, 1.807) is 13.8 Å². The lowest BCUT2D eigenvalue weighted by Crippen LogP contribution is -2.25. The SMILES string of the molecule is COC(=O)/C=C(\N)[C@@H](CC(C)(C)O)c1ccccc1. The van der Waals surface area contributed by atoms with E-state index in [0.29, 0.717) is 12.1 Å². The minimum absolute atomic E-state index is 0.222. The van der Waals surface area contributed by atoms with Gasteiger partial charge < -0.3 is 15.6 Å². The predicted octanol–water partition coefficient (Wildman–Crippen LogP) is 1.95. The maximum Gasteiger partial charge on any atom is 0.332 e. The summed E-state index contributed by atoms with van der Waals surface area (Å²) in [5, 5.41) is 9.99. The Morgan fingerprint density at radius 3 is 2.47 bits per heavy atom. The first-order valence-electron chi connectivity index (χ1n) is 6.16. The highest BCUT2D eigenvalue weighted by atomic mass is 16.5. The average molecular weight is 263 g/mol. The fourth-order valence-electron chi connectivity index (χ4n) is 1.91. The van der Waals surface area contributed by atoms with Crippen LogP contribution in [0.4, 0.5) is 0 Å². The smallest absolute Gasteiger partial charge is 0.332 e. The molecule has 0 saturated carbocycles. The molecule has 1 aromatic carbocycles. The van der Waals surface area contributed by atoms with Crippen molar-refractivity contribution in [3.63, 3.8) is 0 Å². The van der Waals surface area contributed by atoms with Crippen molar-refractivity contribution in [2.75, 3.05) is 7.11 Å². The third kappa shape index (κ3) is 5.14. The Bertz CT molecular complexity index is 446. The van der Waals surface area contributed by atoms with E-state index in [0.717, 1.165) is 5.56 Å². The van der Waals surface area contributed by atoms with Gasteiger partial charge in [-0.1, -0.05) is 30.3 Å². The lowest BCUT2D eigenvalue weighted by Gasteiger charge is -2.25. The van der Waals surface area contributed by atoms with Gasteiger partial charge in [-0.05, 0) is 25.8 Å². The van der Waals surface area contributed by atoms with Gasteiger partial charge in [0.1, 0.15) is 0 Å². The Hall–Kier alpha value is -1.81. The number of carbonyl (C=O) groups is 1. The van der Waals surface area contributed by atoms with Gasteiger partial charge in [0.15, 0.2) is 0 Å². The van der Waals surface area contributed by atoms with E-state index >= 15 is 0 Å². The van der Waals surface area contributed by atoms with Crippen LogP contribution in [-0.2, 0) is 9.53 Å². The maximum absolute atomic E-state index is 11.3. The van der Waals surface area contributed by atoms with Gasteiger partial charge in [0.05, 0.1) is 12.7 Å². The second kappa shape index (κ2) is 6.38. The molecule has 1 rings (SSSR count). The number of aliphatic hydroxyl groups is 1. The molecular weight excluding hydrogens is 242 g/mol. The first-order valence-corrected chi connectivity index (χ1v) is 6.16. The fourth-order valence-corrected chi connectivity index (χ4v) is 1.91. The molecule has 0 radical (unpaired) electrons. The zero-order valence-electron chi connectivity index (χ0n) is 11.6. The molecule has 1 aromatic rings. The van der Waals surface area contributed by atoms with Crippen LogP contribution < -0.4 is 5.73 Å². The van der Waals surface area contributed by atoms with Crippen LogP contribution in [0.15, 0.2) is 42.1 Å². The lowest BCUT2D eigenvalue weighted by atomic mass is 9.85. The fraction of sp³-hybridized carbons (Fsp3) is 0.400. The second-order valence-corrected chi connectivity index (χ2v) is 5.15. The Morgan fingerprint density at radius 1 is 1.42 bits per heavy atom. The predicted molar refractivity (Wildman–Crippen MR) is 74.4 cm³/mol. The molecule has 0 aliphatic rings. The summed E-state index contributed by atoms with van der Waals surface area (Å²) in [5.74, 6) is -0.713. The number of hydrogen-bond donors (Lipinski definition) is 2. The zero-order valence-corrected chi connectivity index (χ0v) is 11.6. The van der Waals surface area contributed by atoms with Crippen molar-refractivity contribution in [3.8, 4) is 0 Å². The van der Waals surface area contributed by atoms with Crippen molar-refractivity contribution in [1.29, 1.82) is 0 Å². The summed E-state index contributed by atoms with van der Waals surface area (Å²) in [6, 6.07) is 9.56. The van der Waals surface area contributed by atoms with Gasteiger partial charge in [0, 0.05) is 17.7 Å².